The predicted molar refractivity (Wildman–Crippen MR) is 81.2 cm³/mol. The minimum atomic E-state index is -0.553. The van der Waals surface area contributed by atoms with Gasteiger partial charge in [-0.2, -0.15) is 0 Å². The van der Waals surface area contributed by atoms with Gasteiger partial charge in [-0.3, -0.25) is 0 Å². The van der Waals surface area contributed by atoms with E-state index in [-0.39, 0.29) is 24.3 Å². The smallest absolute Gasteiger partial charge is 0.341 e. The van der Waals surface area contributed by atoms with Crippen molar-refractivity contribution in [2.75, 3.05) is 31.2 Å². The molecule has 1 aromatic carbocycles. The van der Waals surface area contributed by atoms with Gasteiger partial charge in [0, 0.05) is 13.1 Å². The molecule has 1 N–H and O–H groups in total. The maximum atomic E-state index is 12.3. The van der Waals surface area contributed by atoms with Gasteiger partial charge in [-0.15, -0.1) is 0 Å². The number of hydrogen-bond donors (Lipinski definition) is 1. The molecule has 0 amide bonds. The zero-order valence-electron chi connectivity index (χ0n) is 12.9. The van der Waals surface area contributed by atoms with Crippen LogP contribution < -0.4 is 4.90 Å². The number of esters is 2. The number of aliphatic hydroxyl groups excluding tert-OH is 1. The highest BCUT2D eigenvalue weighted by molar-refractivity contribution is 6.07. The molecular formula is C16H21NO5. The molecular weight excluding hydrogens is 286 g/mol. The summed E-state index contributed by atoms with van der Waals surface area (Å²) in [7, 11) is 0. The first-order valence-electron chi connectivity index (χ1n) is 7.48. The van der Waals surface area contributed by atoms with Crippen LogP contribution in [-0.4, -0.2) is 49.5 Å². The highest BCUT2D eigenvalue weighted by Gasteiger charge is 2.29. The molecule has 1 atom stereocenters. The van der Waals surface area contributed by atoms with E-state index in [1.165, 1.54) is 0 Å². The van der Waals surface area contributed by atoms with E-state index in [2.05, 4.69) is 0 Å². The van der Waals surface area contributed by atoms with E-state index in [0.717, 1.165) is 0 Å². The number of ether oxygens (including phenoxy) is 2. The van der Waals surface area contributed by atoms with Gasteiger partial charge >= 0.3 is 11.9 Å². The van der Waals surface area contributed by atoms with Gasteiger partial charge in [0.25, 0.3) is 0 Å². The van der Waals surface area contributed by atoms with Gasteiger partial charge in [-0.05, 0) is 32.4 Å². The number of nitrogens with zero attached hydrogens (tertiary/aromatic N) is 1. The number of anilines is 1. The number of aliphatic hydroxyl groups is 1. The van der Waals surface area contributed by atoms with E-state index in [1.54, 1.807) is 32.0 Å². The number of carbonyl (C=O) groups is 2. The molecule has 1 saturated heterocycles. The topological polar surface area (TPSA) is 76.1 Å². The van der Waals surface area contributed by atoms with Crippen LogP contribution in [0.4, 0.5) is 5.69 Å². The second kappa shape index (κ2) is 7.26. The van der Waals surface area contributed by atoms with E-state index in [9.17, 15) is 14.7 Å². The normalized spacial score (nSPS) is 17.4. The summed E-state index contributed by atoms with van der Waals surface area (Å²) >= 11 is 0. The van der Waals surface area contributed by atoms with Crippen LogP contribution in [0.5, 0.6) is 0 Å². The maximum Gasteiger partial charge on any atom is 0.341 e. The minimum absolute atomic E-state index is 0.194. The average Bonchev–Trinajstić information content (AvgIpc) is 2.93. The number of hydrogen-bond acceptors (Lipinski definition) is 6. The first kappa shape index (κ1) is 16.3. The third kappa shape index (κ3) is 3.39. The molecule has 0 saturated carbocycles. The van der Waals surface area contributed by atoms with Crippen molar-refractivity contribution < 1.29 is 24.2 Å². The van der Waals surface area contributed by atoms with Crippen LogP contribution in [0.25, 0.3) is 0 Å². The lowest BCUT2D eigenvalue weighted by atomic mass is 10.0. The van der Waals surface area contributed by atoms with Crippen LogP contribution in [0, 0.1) is 0 Å². The number of rotatable bonds is 5. The Morgan fingerprint density at radius 1 is 1.23 bits per heavy atom. The fourth-order valence-corrected chi connectivity index (χ4v) is 2.56. The Bertz CT molecular complexity index is 557. The van der Waals surface area contributed by atoms with Crippen LogP contribution in [0.3, 0.4) is 0 Å². The summed E-state index contributed by atoms with van der Waals surface area (Å²) < 4.78 is 10.1. The Kier molecular flexibility index (Phi) is 5.38. The van der Waals surface area contributed by atoms with Crippen molar-refractivity contribution in [3.63, 3.8) is 0 Å². The van der Waals surface area contributed by atoms with Crippen LogP contribution in [0.15, 0.2) is 18.2 Å². The molecule has 0 bridgehead atoms. The van der Waals surface area contributed by atoms with Gasteiger partial charge in [0.15, 0.2) is 0 Å². The van der Waals surface area contributed by atoms with E-state index < -0.39 is 18.0 Å². The molecule has 6 nitrogen and oxygen atoms in total. The highest BCUT2D eigenvalue weighted by Crippen LogP contribution is 2.28. The summed E-state index contributed by atoms with van der Waals surface area (Å²) in [4.78, 5) is 26.3. The second-order valence-corrected chi connectivity index (χ2v) is 5.03. The van der Waals surface area contributed by atoms with Crippen LogP contribution in [0.2, 0.25) is 0 Å². The lowest BCUT2D eigenvalue weighted by Crippen LogP contribution is -2.25. The first-order chi connectivity index (χ1) is 10.6. The molecule has 0 aromatic heterocycles. The van der Waals surface area contributed by atoms with Crippen molar-refractivity contribution in [3.05, 3.63) is 29.3 Å². The molecule has 1 fully saturated rings. The van der Waals surface area contributed by atoms with Crippen LogP contribution in [0.1, 0.15) is 41.0 Å². The largest absolute Gasteiger partial charge is 0.462 e. The summed E-state index contributed by atoms with van der Waals surface area (Å²) in [6.45, 7) is 4.93. The molecule has 0 aliphatic carbocycles. The van der Waals surface area contributed by atoms with Gasteiger partial charge in [-0.1, -0.05) is 6.07 Å². The SMILES string of the molecule is CCOC(=O)c1cccc(N2CC[C@H](O)C2)c1C(=O)OCC. The summed E-state index contributed by atoms with van der Waals surface area (Å²) in [6.07, 6.45) is 0.201. The zero-order chi connectivity index (χ0) is 16.1. The molecule has 120 valence electrons. The van der Waals surface area contributed by atoms with Crippen molar-refractivity contribution in [1.82, 2.24) is 0 Å². The van der Waals surface area contributed by atoms with Crippen molar-refractivity contribution in [1.29, 1.82) is 0 Å². The maximum absolute atomic E-state index is 12.3. The Balaban J connectivity index is 2.45. The van der Waals surface area contributed by atoms with Crippen molar-refractivity contribution in [2.24, 2.45) is 0 Å². The molecule has 0 spiro atoms. The van der Waals surface area contributed by atoms with Gasteiger partial charge in [0.2, 0.25) is 0 Å². The average molecular weight is 307 g/mol. The fraction of sp³-hybridized carbons (Fsp3) is 0.500. The van der Waals surface area contributed by atoms with Gasteiger partial charge in [-0.25, -0.2) is 9.59 Å². The van der Waals surface area contributed by atoms with E-state index in [4.69, 9.17) is 9.47 Å². The molecule has 22 heavy (non-hydrogen) atoms. The number of β-amino-alcohol motifs (C(OH)–C–C–N with tert-alkyl or cyclic N) is 1. The third-order valence-corrected chi connectivity index (χ3v) is 3.52. The van der Waals surface area contributed by atoms with Gasteiger partial charge < -0.3 is 19.5 Å². The van der Waals surface area contributed by atoms with E-state index in [0.29, 0.717) is 25.2 Å². The van der Waals surface area contributed by atoms with Gasteiger partial charge in [0.05, 0.1) is 36.1 Å². The molecule has 0 radical (unpaired) electrons. The first-order valence-corrected chi connectivity index (χ1v) is 7.48. The molecule has 1 aliphatic rings. The fourth-order valence-electron chi connectivity index (χ4n) is 2.56. The van der Waals surface area contributed by atoms with Crippen LogP contribution in [-0.2, 0) is 9.47 Å². The van der Waals surface area contributed by atoms with Crippen molar-refractivity contribution in [3.8, 4) is 0 Å². The Morgan fingerprint density at radius 2 is 1.91 bits per heavy atom. The van der Waals surface area contributed by atoms with Gasteiger partial charge in [0.1, 0.15) is 0 Å². The highest BCUT2D eigenvalue weighted by atomic mass is 16.5. The molecule has 0 unspecified atom stereocenters. The van der Waals surface area contributed by atoms with E-state index >= 15 is 0 Å². The third-order valence-electron chi connectivity index (χ3n) is 3.52. The predicted octanol–water partition coefficient (Wildman–Crippen LogP) is 1.61. The van der Waals surface area contributed by atoms with Crippen molar-refractivity contribution >= 4 is 17.6 Å². The van der Waals surface area contributed by atoms with Crippen molar-refractivity contribution in [2.45, 2.75) is 26.4 Å². The summed E-state index contributed by atoms with van der Waals surface area (Å²) in [5.41, 5.74) is 0.997. The number of carbonyl (C=O) groups excluding carboxylic acids is 2. The Labute approximate surface area is 129 Å². The second-order valence-electron chi connectivity index (χ2n) is 5.03. The molecule has 1 heterocycles. The zero-order valence-corrected chi connectivity index (χ0v) is 12.9. The lowest BCUT2D eigenvalue weighted by Gasteiger charge is -2.22. The van der Waals surface area contributed by atoms with Crippen LogP contribution >= 0.6 is 0 Å². The molecule has 6 heteroatoms. The standard InChI is InChI=1S/C16H21NO5/c1-3-21-15(19)12-6-5-7-13(14(12)16(20)22-4-2)17-9-8-11(18)10-17/h5-7,11,18H,3-4,8-10H2,1-2H3/t11-/m0/s1. The Hall–Kier alpha value is -2.08. The Morgan fingerprint density at radius 3 is 2.50 bits per heavy atom. The summed E-state index contributed by atoms with van der Waals surface area (Å²) in [5, 5.41) is 9.71. The van der Waals surface area contributed by atoms with E-state index in [1.807, 2.05) is 4.90 Å². The minimum Gasteiger partial charge on any atom is -0.462 e. The monoisotopic (exact) mass is 307 g/mol. The quantitative estimate of drug-likeness (QED) is 0.833. The summed E-state index contributed by atoms with van der Waals surface area (Å²) in [5.74, 6) is -1.10. The molecule has 1 aromatic rings. The lowest BCUT2D eigenvalue weighted by molar-refractivity contribution is 0.0479. The molecule has 1 aliphatic heterocycles. The molecule has 2 rings (SSSR count). The summed E-state index contributed by atoms with van der Waals surface area (Å²) in [6, 6.07) is 5.02. The number of benzene rings is 1.